The van der Waals surface area contributed by atoms with Crippen LogP contribution in [-0.4, -0.2) is 36.2 Å². The maximum absolute atomic E-state index is 13.4. The molecule has 1 amide bonds. The van der Waals surface area contributed by atoms with Crippen LogP contribution in [0.3, 0.4) is 0 Å². The van der Waals surface area contributed by atoms with Crippen LogP contribution in [0, 0.1) is 5.82 Å². The number of aromatic nitrogens is 5. The van der Waals surface area contributed by atoms with Crippen molar-refractivity contribution < 1.29 is 9.18 Å². The number of hydrogen-bond acceptors (Lipinski definition) is 8. The van der Waals surface area contributed by atoms with E-state index in [9.17, 15) is 9.18 Å². The number of amides is 1. The first-order chi connectivity index (χ1) is 15.8. The summed E-state index contributed by atoms with van der Waals surface area (Å²) in [6.45, 7) is 6.25. The van der Waals surface area contributed by atoms with Crippen molar-refractivity contribution in [2.45, 2.75) is 31.3 Å². The third-order valence-electron chi connectivity index (χ3n) is 4.96. The summed E-state index contributed by atoms with van der Waals surface area (Å²) in [6.07, 6.45) is 1.67. The van der Waals surface area contributed by atoms with Gasteiger partial charge in [0.2, 0.25) is 5.91 Å². The summed E-state index contributed by atoms with van der Waals surface area (Å²) >= 11 is 4.19. The van der Waals surface area contributed by atoms with Gasteiger partial charge in [0.05, 0.1) is 16.8 Å². The molecule has 0 spiro atoms. The second kappa shape index (κ2) is 8.47. The smallest absolute Gasteiger partial charge is 0.236 e. The highest BCUT2D eigenvalue weighted by Crippen LogP contribution is 2.36. The van der Waals surface area contributed by atoms with E-state index in [1.807, 2.05) is 10.8 Å². The summed E-state index contributed by atoms with van der Waals surface area (Å²) in [6, 6.07) is 6.34. The van der Waals surface area contributed by atoms with E-state index in [2.05, 4.69) is 46.3 Å². The molecule has 1 aromatic carbocycles. The molecule has 33 heavy (non-hydrogen) atoms. The highest BCUT2D eigenvalue weighted by atomic mass is 32.2. The lowest BCUT2D eigenvalue weighted by molar-refractivity contribution is -0.113. The van der Waals surface area contributed by atoms with E-state index in [0.717, 1.165) is 27.0 Å². The number of carbonyl (C=O) groups excluding carboxylic acids is 1. The van der Waals surface area contributed by atoms with Crippen molar-refractivity contribution in [3.63, 3.8) is 0 Å². The van der Waals surface area contributed by atoms with Crippen molar-refractivity contribution in [3.05, 3.63) is 52.9 Å². The van der Waals surface area contributed by atoms with Crippen molar-refractivity contribution in [1.82, 2.24) is 24.6 Å². The number of halogens is 1. The Bertz CT molecular complexity index is 1470. The van der Waals surface area contributed by atoms with Gasteiger partial charge in [-0.3, -0.25) is 9.20 Å². The highest BCUT2D eigenvalue weighted by molar-refractivity contribution is 7.99. The van der Waals surface area contributed by atoms with E-state index in [1.54, 1.807) is 22.9 Å². The minimum absolute atomic E-state index is 0.0680. The van der Waals surface area contributed by atoms with Crippen LogP contribution in [0.1, 0.15) is 26.5 Å². The fraction of sp³-hybridized carbons (Fsp3) is 0.227. The van der Waals surface area contributed by atoms with Crippen molar-refractivity contribution in [2.75, 3.05) is 11.1 Å². The zero-order valence-corrected chi connectivity index (χ0v) is 20.4. The molecule has 1 N–H and O–H groups in total. The monoisotopic (exact) mass is 498 g/mol. The van der Waals surface area contributed by atoms with Crippen LogP contribution in [0.5, 0.6) is 0 Å². The van der Waals surface area contributed by atoms with Crippen LogP contribution in [0.25, 0.3) is 27.0 Å². The van der Waals surface area contributed by atoms with Gasteiger partial charge >= 0.3 is 0 Å². The van der Waals surface area contributed by atoms with Crippen molar-refractivity contribution in [1.29, 1.82) is 0 Å². The number of carbonyl (C=O) groups is 1. The first kappa shape index (κ1) is 21.9. The molecule has 0 radical (unpaired) electrons. The molecule has 0 bridgehead atoms. The van der Waals surface area contributed by atoms with Gasteiger partial charge in [-0.2, -0.15) is 0 Å². The number of hydrogen-bond donors (Lipinski definition) is 1. The molecule has 4 heterocycles. The number of thiazole rings is 1. The topological polar surface area (TPSA) is 85.1 Å². The molecule has 168 valence electrons. The zero-order chi connectivity index (χ0) is 23.2. The Morgan fingerprint density at radius 3 is 2.67 bits per heavy atom. The predicted molar refractivity (Wildman–Crippen MR) is 132 cm³/mol. The molecule has 0 saturated carbocycles. The Morgan fingerprint density at radius 1 is 1.15 bits per heavy atom. The van der Waals surface area contributed by atoms with Gasteiger partial charge in [0.1, 0.15) is 17.0 Å². The number of nitrogens with zero attached hydrogens (tertiary/aromatic N) is 5. The Balaban J connectivity index is 1.37. The summed E-state index contributed by atoms with van der Waals surface area (Å²) < 4.78 is 15.1. The second-order valence-electron chi connectivity index (χ2n) is 8.38. The quantitative estimate of drug-likeness (QED) is 0.316. The number of rotatable bonds is 5. The molecule has 4 aromatic heterocycles. The Hall–Kier alpha value is -2.89. The number of thiophene rings is 1. The first-order valence-electron chi connectivity index (χ1n) is 10.0. The van der Waals surface area contributed by atoms with E-state index in [-0.39, 0.29) is 22.9 Å². The van der Waals surface area contributed by atoms with Crippen LogP contribution < -0.4 is 5.32 Å². The normalized spacial score (nSPS) is 12.0. The fourth-order valence-corrected chi connectivity index (χ4v) is 5.79. The van der Waals surface area contributed by atoms with Crippen molar-refractivity contribution in [2.24, 2.45) is 0 Å². The molecule has 0 saturated heterocycles. The SMILES string of the molecule is CC(C)(C)c1csc(NC(=O)CSc2nnc3c4c(-c5ccc(F)cc5)csc4ncn23)n1. The van der Waals surface area contributed by atoms with Crippen molar-refractivity contribution in [3.8, 4) is 11.1 Å². The standard InChI is InChI=1S/C22H19FN6OS3/c1-22(2,3)15-9-32-20(25-15)26-16(30)10-33-21-28-27-18-17-14(12-4-6-13(23)7-5-12)8-31-19(17)24-11-29(18)21/h4-9,11H,10H2,1-3H3,(H,25,26,30). The van der Waals surface area contributed by atoms with E-state index in [0.29, 0.717) is 15.9 Å². The molecule has 0 atom stereocenters. The van der Waals surface area contributed by atoms with Crippen LogP contribution in [0.2, 0.25) is 0 Å². The Labute approximate surface area is 201 Å². The molecule has 0 aliphatic rings. The lowest BCUT2D eigenvalue weighted by atomic mass is 9.93. The first-order valence-corrected chi connectivity index (χ1v) is 12.8. The van der Waals surface area contributed by atoms with Gasteiger partial charge < -0.3 is 5.32 Å². The third-order valence-corrected chi connectivity index (χ3v) is 7.54. The molecule has 7 nitrogen and oxygen atoms in total. The van der Waals surface area contributed by atoms with Gasteiger partial charge in [0.25, 0.3) is 0 Å². The van der Waals surface area contributed by atoms with Crippen LogP contribution in [0.15, 0.2) is 46.5 Å². The van der Waals surface area contributed by atoms with E-state index >= 15 is 0 Å². The summed E-state index contributed by atoms with van der Waals surface area (Å²) in [5.41, 5.74) is 3.34. The molecule has 0 aliphatic heterocycles. The number of benzene rings is 1. The average molecular weight is 499 g/mol. The van der Waals surface area contributed by atoms with Crippen molar-refractivity contribution >= 4 is 61.3 Å². The number of nitrogens with one attached hydrogen (secondary N) is 1. The minimum Gasteiger partial charge on any atom is -0.301 e. The fourth-order valence-electron chi connectivity index (χ4n) is 3.22. The summed E-state index contributed by atoms with van der Waals surface area (Å²) in [5, 5.41) is 17.4. The molecule has 5 rings (SSSR count). The van der Waals surface area contributed by atoms with Gasteiger partial charge in [-0.15, -0.1) is 32.9 Å². The molecule has 0 fully saturated rings. The van der Waals surface area contributed by atoms with Gasteiger partial charge in [-0.25, -0.2) is 14.4 Å². The summed E-state index contributed by atoms with van der Waals surface area (Å²) in [5.74, 6) is -0.283. The van der Waals surface area contributed by atoms with E-state index in [4.69, 9.17) is 0 Å². The summed E-state index contributed by atoms with van der Waals surface area (Å²) in [4.78, 5) is 22.3. The summed E-state index contributed by atoms with van der Waals surface area (Å²) in [7, 11) is 0. The predicted octanol–water partition coefficient (Wildman–Crippen LogP) is 5.63. The lowest BCUT2D eigenvalue weighted by Crippen LogP contribution is -2.15. The lowest BCUT2D eigenvalue weighted by Gasteiger charge is -2.14. The third kappa shape index (κ3) is 4.35. The van der Waals surface area contributed by atoms with Gasteiger partial charge in [0, 0.05) is 21.7 Å². The molecule has 11 heteroatoms. The number of anilines is 1. The maximum atomic E-state index is 13.4. The highest BCUT2D eigenvalue weighted by Gasteiger charge is 2.19. The molecular weight excluding hydrogens is 479 g/mol. The van der Waals surface area contributed by atoms with Crippen LogP contribution in [0.4, 0.5) is 9.52 Å². The largest absolute Gasteiger partial charge is 0.301 e. The molecule has 0 aliphatic carbocycles. The molecule has 5 aromatic rings. The average Bonchev–Trinajstić information content (AvgIpc) is 3.50. The Morgan fingerprint density at radius 2 is 1.94 bits per heavy atom. The van der Waals surface area contributed by atoms with Crippen LogP contribution in [-0.2, 0) is 10.2 Å². The molecule has 0 unspecified atom stereocenters. The van der Waals surface area contributed by atoms with Crippen LogP contribution >= 0.6 is 34.4 Å². The number of thioether (sulfide) groups is 1. The Kier molecular flexibility index (Phi) is 5.63. The zero-order valence-electron chi connectivity index (χ0n) is 18.0. The minimum atomic E-state index is -0.284. The van der Waals surface area contributed by atoms with E-state index in [1.165, 1.54) is 46.6 Å². The van der Waals surface area contributed by atoms with Gasteiger partial charge in [-0.05, 0) is 17.7 Å². The number of fused-ring (bicyclic) bond motifs is 3. The maximum Gasteiger partial charge on any atom is 0.236 e. The van der Waals surface area contributed by atoms with Gasteiger partial charge in [0.15, 0.2) is 15.9 Å². The van der Waals surface area contributed by atoms with Gasteiger partial charge in [-0.1, -0.05) is 44.7 Å². The van der Waals surface area contributed by atoms with E-state index < -0.39 is 0 Å². The molecular formula is C22H19FN6OS3. The second-order valence-corrected chi connectivity index (χ2v) is 11.0.